The van der Waals surface area contributed by atoms with E-state index in [9.17, 15) is 14.4 Å². The van der Waals surface area contributed by atoms with Gasteiger partial charge < -0.3 is 9.64 Å². The van der Waals surface area contributed by atoms with E-state index in [0.717, 1.165) is 29.0 Å². The van der Waals surface area contributed by atoms with Gasteiger partial charge in [0.15, 0.2) is 0 Å². The van der Waals surface area contributed by atoms with Crippen molar-refractivity contribution in [2.75, 3.05) is 20.2 Å². The van der Waals surface area contributed by atoms with E-state index in [-0.39, 0.29) is 29.8 Å². The Labute approximate surface area is 210 Å². The topological polar surface area (TPSA) is 84.7 Å². The molecule has 3 aromatic rings. The van der Waals surface area contributed by atoms with Crippen molar-refractivity contribution in [3.8, 4) is 5.75 Å². The van der Waals surface area contributed by atoms with Gasteiger partial charge in [-0.3, -0.25) is 24.0 Å². The van der Waals surface area contributed by atoms with Gasteiger partial charge in [-0.15, -0.1) is 0 Å². The van der Waals surface area contributed by atoms with Crippen molar-refractivity contribution in [2.24, 2.45) is 0 Å². The zero-order valence-electron chi connectivity index (χ0n) is 21.1. The van der Waals surface area contributed by atoms with Gasteiger partial charge in [0.2, 0.25) is 0 Å². The molecule has 0 saturated heterocycles. The van der Waals surface area contributed by atoms with Crippen LogP contribution in [0.1, 0.15) is 68.7 Å². The third-order valence-electron chi connectivity index (χ3n) is 6.86. The van der Waals surface area contributed by atoms with E-state index in [2.05, 4.69) is 25.9 Å². The fraction of sp³-hybridized carbons (Fsp3) is 0.357. The normalized spacial score (nSPS) is 15.2. The van der Waals surface area contributed by atoms with Crippen molar-refractivity contribution >= 4 is 17.7 Å². The number of amides is 3. The number of carbonyl (C=O) groups excluding carboxylic acids is 3. The van der Waals surface area contributed by atoms with Gasteiger partial charge >= 0.3 is 0 Å². The molecule has 3 heterocycles. The Morgan fingerprint density at radius 1 is 1.03 bits per heavy atom. The van der Waals surface area contributed by atoms with E-state index < -0.39 is 0 Å². The minimum absolute atomic E-state index is 0.119. The predicted octanol–water partition coefficient (Wildman–Crippen LogP) is 3.68. The van der Waals surface area contributed by atoms with Crippen LogP contribution in [0, 0.1) is 0 Å². The summed E-state index contributed by atoms with van der Waals surface area (Å²) in [5.74, 6) is -0.0706. The van der Waals surface area contributed by atoms with Crippen molar-refractivity contribution in [1.82, 2.24) is 19.6 Å². The van der Waals surface area contributed by atoms with E-state index in [1.54, 1.807) is 30.2 Å². The van der Waals surface area contributed by atoms with Crippen LogP contribution >= 0.6 is 0 Å². The second-order valence-corrected chi connectivity index (χ2v) is 10.3. The van der Waals surface area contributed by atoms with E-state index in [1.165, 1.54) is 4.90 Å². The standard InChI is InChI=1S/C28H30N4O4/c1-28(2,3)32-24-12-13-30(17-20(24)16-29-32)25(33)19-7-10-22-23(15-19)27(35)31(26(22)34)14-11-18-5-8-21(36-4)9-6-18/h5-10,15-16H,11-14,17H2,1-4H3. The fourth-order valence-corrected chi connectivity index (χ4v) is 4.93. The second-order valence-electron chi connectivity index (χ2n) is 10.3. The van der Waals surface area contributed by atoms with Crippen molar-refractivity contribution in [3.63, 3.8) is 0 Å². The summed E-state index contributed by atoms with van der Waals surface area (Å²) >= 11 is 0. The molecule has 0 saturated carbocycles. The highest BCUT2D eigenvalue weighted by Gasteiger charge is 2.36. The third kappa shape index (κ3) is 4.17. The van der Waals surface area contributed by atoms with Crippen molar-refractivity contribution in [1.29, 1.82) is 0 Å². The maximum absolute atomic E-state index is 13.3. The Hall–Kier alpha value is -3.94. The summed E-state index contributed by atoms with van der Waals surface area (Å²) in [6.07, 6.45) is 3.10. The first-order chi connectivity index (χ1) is 17.2. The number of carbonyl (C=O) groups is 3. The Morgan fingerprint density at radius 2 is 1.75 bits per heavy atom. The number of fused-ring (bicyclic) bond motifs is 2. The molecule has 0 unspecified atom stereocenters. The Bertz CT molecular complexity index is 1350. The van der Waals surface area contributed by atoms with Gasteiger partial charge in [-0.25, -0.2) is 0 Å². The summed E-state index contributed by atoms with van der Waals surface area (Å²) in [7, 11) is 1.61. The molecule has 3 amide bonds. The first-order valence-corrected chi connectivity index (χ1v) is 12.2. The summed E-state index contributed by atoms with van der Waals surface area (Å²) in [5, 5.41) is 4.54. The van der Waals surface area contributed by atoms with Crippen LogP contribution in [-0.4, -0.2) is 57.5 Å². The molecule has 2 aliphatic heterocycles. The predicted molar refractivity (Wildman–Crippen MR) is 134 cm³/mol. The number of hydrogen-bond acceptors (Lipinski definition) is 5. The van der Waals surface area contributed by atoms with Crippen LogP contribution in [0.3, 0.4) is 0 Å². The molecule has 0 atom stereocenters. The van der Waals surface area contributed by atoms with E-state index in [1.807, 2.05) is 35.1 Å². The van der Waals surface area contributed by atoms with Crippen LogP contribution in [0.4, 0.5) is 0 Å². The maximum Gasteiger partial charge on any atom is 0.261 e. The molecule has 0 bridgehead atoms. The number of methoxy groups -OCH3 is 1. The summed E-state index contributed by atoms with van der Waals surface area (Å²) in [6.45, 7) is 7.66. The summed E-state index contributed by atoms with van der Waals surface area (Å²) in [4.78, 5) is 42.4. The molecule has 36 heavy (non-hydrogen) atoms. The van der Waals surface area contributed by atoms with Crippen LogP contribution in [0.25, 0.3) is 0 Å². The third-order valence-corrected chi connectivity index (χ3v) is 6.86. The number of aromatic nitrogens is 2. The molecular formula is C28H30N4O4. The first kappa shape index (κ1) is 23.8. The minimum atomic E-state index is -0.356. The molecule has 0 radical (unpaired) electrons. The molecule has 2 aliphatic rings. The average molecular weight is 487 g/mol. The highest BCUT2D eigenvalue weighted by Crippen LogP contribution is 2.28. The molecule has 0 N–H and O–H groups in total. The highest BCUT2D eigenvalue weighted by atomic mass is 16.5. The van der Waals surface area contributed by atoms with Crippen LogP contribution in [0.5, 0.6) is 5.75 Å². The van der Waals surface area contributed by atoms with E-state index in [4.69, 9.17) is 4.74 Å². The lowest BCUT2D eigenvalue weighted by Gasteiger charge is -2.30. The van der Waals surface area contributed by atoms with Crippen LogP contribution in [0.2, 0.25) is 0 Å². The highest BCUT2D eigenvalue weighted by molar-refractivity contribution is 6.22. The molecule has 8 heteroatoms. The molecular weight excluding hydrogens is 456 g/mol. The lowest BCUT2D eigenvalue weighted by Crippen LogP contribution is -2.37. The largest absolute Gasteiger partial charge is 0.497 e. The smallest absolute Gasteiger partial charge is 0.261 e. The summed E-state index contributed by atoms with van der Waals surface area (Å²) < 4.78 is 7.21. The quantitative estimate of drug-likeness (QED) is 0.514. The van der Waals surface area contributed by atoms with Crippen molar-refractivity contribution < 1.29 is 19.1 Å². The summed E-state index contributed by atoms with van der Waals surface area (Å²) in [6, 6.07) is 12.4. The first-order valence-electron chi connectivity index (χ1n) is 12.2. The zero-order chi connectivity index (χ0) is 25.6. The minimum Gasteiger partial charge on any atom is -0.497 e. The molecule has 5 rings (SSSR count). The van der Waals surface area contributed by atoms with Gasteiger partial charge in [0.25, 0.3) is 17.7 Å². The molecule has 0 spiro atoms. The Kier molecular flexibility index (Phi) is 5.90. The number of hydrogen-bond donors (Lipinski definition) is 0. The van der Waals surface area contributed by atoms with Crippen molar-refractivity contribution in [3.05, 3.63) is 82.2 Å². The monoisotopic (exact) mass is 486 g/mol. The number of imide groups is 1. The number of benzene rings is 2. The van der Waals surface area contributed by atoms with E-state index >= 15 is 0 Å². The second kappa shape index (κ2) is 8.93. The lowest BCUT2D eigenvalue weighted by atomic mass is 10.0. The van der Waals surface area contributed by atoms with Gasteiger partial charge in [0, 0.05) is 42.9 Å². The molecule has 0 fully saturated rings. The van der Waals surface area contributed by atoms with Crippen LogP contribution < -0.4 is 4.74 Å². The molecule has 0 aliphatic carbocycles. The van der Waals surface area contributed by atoms with Gasteiger partial charge in [-0.1, -0.05) is 12.1 Å². The van der Waals surface area contributed by atoms with E-state index in [0.29, 0.717) is 36.2 Å². The molecule has 186 valence electrons. The summed E-state index contributed by atoms with van der Waals surface area (Å²) in [5.41, 5.74) is 4.14. The Morgan fingerprint density at radius 3 is 2.44 bits per heavy atom. The van der Waals surface area contributed by atoms with Crippen LogP contribution in [0.15, 0.2) is 48.7 Å². The van der Waals surface area contributed by atoms with Gasteiger partial charge in [0.1, 0.15) is 5.75 Å². The SMILES string of the molecule is COc1ccc(CCN2C(=O)c3ccc(C(=O)N4CCc5c(cnn5C(C)(C)C)C4)cc3C2=O)cc1. The van der Waals surface area contributed by atoms with Gasteiger partial charge in [-0.2, -0.15) is 5.10 Å². The van der Waals surface area contributed by atoms with Gasteiger partial charge in [0.05, 0.1) is 30.0 Å². The molecule has 1 aromatic heterocycles. The number of nitrogens with zero attached hydrogens (tertiary/aromatic N) is 4. The zero-order valence-corrected chi connectivity index (χ0v) is 21.1. The van der Waals surface area contributed by atoms with Gasteiger partial charge in [-0.05, 0) is 63.1 Å². The fourth-order valence-electron chi connectivity index (χ4n) is 4.93. The number of ether oxygens (including phenoxy) is 1. The molecule has 8 nitrogen and oxygen atoms in total. The number of rotatable bonds is 5. The maximum atomic E-state index is 13.3. The van der Waals surface area contributed by atoms with Crippen LogP contribution in [-0.2, 0) is 24.9 Å². The average Bonchev–Trinajstić information content (AvgIpc) is 3.41. The Balaban J connectivity index is 1.30. The van der Waals surface area contributed by atoms with Crippen molar-refractivity contribution in [2.45, 2.75) is 45.7 Å². The molecule has 2 aromatic carbocycles. The lowest BCUT2D eigenvalue weighted by molar-refractivity contribution is 0.0655.